The summed E-state index contributed by atoms with van der Waals surface area (Å²) in [6.07, 6.45) is 2.55. The van der Waals surface area contributed by atoms with E-state index in [9.17, 15) is 9.59 Å². The molecule has 31 heavy (non-hydrogen) atoms. The molecule has 1 unspecified atom stereocenters. The topological polar surface area (TPSA) is 104 Å². The van der Waals surface area contributed by atoms with Crippen LogP contribution in [0, 0.1) is 0 Å². The van der Waals surface area contributed by atoms with Gasteiger partial charge in [0.25, 0.3) is 0 Å². The zero-order chi connectivity index (χ0) is 22.0. The Morgan fingerprint density at radius 2 is 2.10 bits per heavy atom. The number of nitrogens with two attached hydrogens (primary N) is 1. The summed E-state index contributed by atoms with van der Waals surface area (Å²) in [5.74, 6) is 0.789. The number of hydrogen-bond acceptors (Lipinski definition) is 7. The molecule has 162 valence electrons. The molecule has 0 aliphatic carbocycles. The number of anilines is 2. The number of rotatable bonds is 8. The van der Waals surface area contributed by atoms with E-state index in [1.54, 1.807) is 12.1 Å². The van der Waals surface area contributed by atoms with E-state index in [4.69, 9.17) is 19.6 Å². The second-order valence-electron chi connectivity index (χ2n) is 7.19. The molecule has 3 heterocycles. The third-order valence-corrected chi connectivity index (χ3v) is 6.19. The molecule has 3 aromatic rings. The number of nitrogens with one attached hydrogen (secondary N) is 1. The van der Waals surface area contributed by atoms with E-state index < -0.39 is 0 Å². The molecular weight excluding hydrogens is 416 g/mol. The first kappa shape index (κ1) is 21.0. The van der Waals surface area contributed by atoms with E-state index in [0.717, 1.165) is 17.5 Å². The van der Waals surface area contributed by atoms with Crippen molar-refractivity contribution in [2.75, 3.05) is 24.3 Å². The Kier molecular flexibility index (Phi) is 5.99. The third kappa shape index (κ3) is 4.03. The number of ketones is 1. The zero-order valence-corrected chi connectivity index (χ0v) is 18.2. The van der Waals surface area contributed by atoms with Gasteiger partial charge in [-0.1, -0.05) is 13.0 Å². The van der Waals surface area contributed by atoms with Crippen LogP contribution in [0.4, 0.5) is 10.7 Å². The highest BCUT2D eigenvalue weighted by Crippen LogP contribution is 2.48. The summed E-state index contributed by atoms with van der Waals surface area (Å²) >= 11 is 1.18. The van der Waals surface area contributed by atoms with Gasteiger partial charge in [0.1, 0.15) is 9.88 Å². The smallest absolute Gasteiger partial charge is 0.240 e. The molecule has 0 spiro atoms. The molecular formula is C23H24N2O5S. The molecule has 1 aliphatic rings. The normalized spacial score (nSPS) is 15.3. The van der Waals surface area contributed by atoms with Gasteiger partial charge in [0.2, 0.25) is 11.7 Å². The van der Waals surface area contributed by atoms with Crippen molar-refractivity contribution in [1.29, 1.82) is 0 Å². The first-order valence-corrected chi connectivity index (χ1v) is 11.0. The van der Waals surface area contributed by atoms with Gasteiger partial charge >= 0.3 is 0 Å². The average molecular weight is 441 g/mol. The van der Waals surface area contributed by atoms with Crippen LogP contribution in [0.2, 0.25) is 0 Å². The maximum absolute atomic E-state index is 12.8. The summed E-state index contributed by atoms with van der Waals surface area (Å²) in [5.41, 5.74) is 8.44. The molecule has 0 saturated carbocycles. The molecule has 1 amide bonds. The van der Waals surface area contributed by atoms with Gasteiger partial charge < -0.3 is 24.9 Å². The lowest BCUT2D eigenvalue weighted by atomic mass is 9.86. The maximum atomic E-state index is 12.8. The molecule has 1 aromatic carbocycles. The number of nitrogen functional groups attached to an aromatic ring is 1. The number of amides is 1. The minimum Gasteiger partial charge on any atom is -0.490 e. The van der Waals surface area contributed by atoms with Crippen molar-refractivity contribution in [3.63, 3.8) is 0 Å². The van der Waals surface area contributed by atoms with Crippen molar-refractivity contribution in [3.05, 3.63) is 58.4 Å². The minimum absolute atomic E-state index is 0.125. The van der Waals surface area contributed by atoms with Crippen LogP contribution in [0.25, 0.3) is 0 Å². The molecule has 3 N–H and O–H groups in total. The number of hydrogen-bond donors (Lipinski definition) is 2. The lowest BCUT2D eigenvalue weighted by Crippen LogP contribution is -2.22. The standard InChI is InChI=1S/C23H24N2O5S/c1-3-9-29-15-8-7-13(11-17(15)28-4-2)14-12-18(26)25-23-19(14)20(24)22(31-23)21(27)16-6-5-10-30-16/h5-8,10-11,14H,3-4,9,12,24H2,1-2H3,(H,25,26). The second-order valence-corrected chi connectivity index (χ2v) is 8.21. The number of ether oxygens (including phenoxy) is 2. The van der Waals surface area contributed by atoms with Crippen molar-refractivity contribution < 1.29 is 23.5 Å². The summed E-state index contributed by atoms with van der Waals surface area (Å²) in [6.45, 7) is 5.03. The Labute approximate surface area is 184 Å². The van der Waals surface area contributed by atoms with Crippen LogP contribution in [0.3, 0.4) is 0 Å². The highest BCUT2D eigenvalue weighted by molar-refractivity contribution is 7.19. The number of thiophene rings is 1. The fraction of sp³-hybridized carbons (Fsp3) is 0.304. The number of benzene rings is 1. The molecule has 0 bridgehead atoms. The largest absolute Gasteiger partial charge is 0.490 e. The molecule has 1 aliphatic heterocycles. The minimum atomic E-state index is -0.298. The number of fused-ring (bicyclic) bond motifs is 1. The average Bonchev–Trinajstić information content (AvgIpc) is 3.40. The lowest BCUT2D eigenvalue weighted by Gasteiger charge is -2.24. The van der Waals surface area contributed by atoms with Crippen molar-refractivity contribution in [3.8, 4) is 11.5 Å². The van der Waals surface area contributed by atoms with Crippen LogP contribution in [0.5, 0.6) is 11.5 Å². The Morgan fingerprint density at radius 1 is 1.26 bits per heavy atom. The van der Waals surface area contributed by atoms with Gasteiger partial charge in [0.05, 0.1) is 25.2 Å². The van der Waals surface area contributed by atoms with E-state index in [1.165, 1.54) is 17.6 Å². The monoisotopic (exact) mass is 440 g/mol. The second kappa shape index (κ2) is 8.85. The van der Waals surface area contributed by atoms with Crippen molar-refractivity contribution in [1.82, 2.24) is 0 Å². The molecule has 7 nitrogen and oxygen atoms in total. The summed E-state index contributed by atoms with van der Waals surface area (Å²) in [4.78, 5) is 25.6. The summed E-state index contributed by atoms with van der Waals surface area (Å²) in [6, 6.07) is 8.93. The highest BCUT2D eigenvalue weighted by Gasteiger charge is 2.34. The Hall–Kier alpha value is -3.26. The molecule has 1 atom stereocenters. The fourth-order valence-corrected chi connectivity index (χ4v) is 4.82. The third-order valence-electron chi connectivity index (χ3n) is 5.06. The van der Waals surface area contributed by atoms with Gasteiger partial charge in [-0.05, 0) is 43.2 Å². The van der Waals surface area contributed by atoms with Crippen molar-refractivity contribution >= 4 is 33.7 Å². The van der Waals surface area contributed by atoms with E-state index >= 15 is 0 Å². The van der Waals surface area contributed by atoms with Gasteiger partial charge in [-0.2, -0.15) is 0 Å². The molecule has 4 rings (SSSR count). The summed E-state index contributed by atoms with van der Waals surface area (Å²) < 4.78 is 16.8. The zero-order valence-electron chi connectivity index (χ0n) is 17.4. The van der Waals surface area contributed by atoms with Crippen LogP contribution >= 0.6 is 11.3 Å². The van der Waals surface area contributed by atoms with Gasteiger partial charge in [-0.3, -0.25) is 9.59 Å². The van der Waals surface area contributed by atoms with Crippen molar-refractivity contribution in [2.24, 2.45) is 0 Å². The predicted molar refractivity (Wildman–Crippen MR) is 119 cm³/mol. The van der Waals surface area contributed by atoms with Gasteiger partial charge in [-0.15, -0.1) is 11.3 Å². The Balaban J connectivity index is 1.75. The molecule has 0 radical (unpaired) electrons. The number of furan rings is 1. The van der Waals surface area contributed by atoms with E-state index in [0.29, 0.717) is 40.3 Å². The van der Waals surface area contributed by atoms with Crippen LogP contribution < -0.4 is 20.5 Å². The Bertz CT molecular complexity index is 1100. The van der Waals surface area contributed by atoms with Gasteiger partial charge in [0.15, 0.2) is 17.3 Å². The first-order valence-electron chi connectivity index (χ1n) is 10.2. The quantitative estimate of drug-likeness (QED) is 0.487. The summed E-state index contributed by atoms with van der Waals surface area (Å²) in [7, 11) is 0. The van der Waals surface area contributed by atoms with E-state index in [-0.39, 0.29) is 29.8 Å². The first-order chi connectivity index (χ1) is 15.0. The number of carbonyl (C=O) groups excluding carboxylic acids is 2. The van der Waals surface area contributed by atoms with Crippen LogP contribution in [0.1, 0.15) is 59.2 Å². The maximum Gasteiger partial charge on any atom is 0.240 e. The predicted octanol–water partition coefficient (Wildman–Crippen LogP) is 4.82. The highest BCUT2D eigenvalue weighted by atomic mass is 32.1. The number of carbonyl (C=O) groups is 2. The molecule has 0 saturated heterocycles. The van der Waals surface area contributed by atoms with Crippen LogP contribution in [-0.4, -0.2) is 24.9 Å². The molecule has 8 heteroatoms. The van der Waals surface area contributed by atoms with Gasteiger partial charge in [0, 0.05) is 17.9 Å². The Morgan fingerprint density at radius 3 is 2.81 bits per heavy atom. The van der Waals surface area contributed by atoms with Crippen LogP contribution in [0.15, 0.2) is 41.0 Å². The van der Waals surface area contributed by atoms with Gasteiger partial charge in [-0.25, -0.2) is 0 Å². The molecule has 2 aromatic heterocycles. The fourth-order valence-electron chi connectivity index (χ4n) is 3.67. The van der Waals surface area contributed by atoms with E-state index in [2.05, 4.69) is 5.32 Å². The van der Waals surface area contributed by atoms with Crippen molar-refractivity contribution in [2.45, 2.75) is 32.6 Å². The SMILES string of the molecule is CCCOc1ccc(C2CC(=O)Nc3sc(C(=O)c4ccco4)c(N)c32)cc1OCC. The lowest BCUT2D eigenvalue weighted by molar-refractivity contribution is -0.116. The van der Waals surface area contributed by atoms with E-state index in [1.807, 2.05) is 32.0 Å². The summed E-state index contributed by atoms with van der Waals surface area (Å²) in [5, 5.41) is 3.46. The van der Waals surface area contributed by atoms with Crippen LogP contribution in [-0.2, 0) is 4.79 Å². The molecule has 0 fully saturated rings.